The van der Waals surface area contributed by atoms with Crippen molar-refractivity contribution in [3.05, 3.63) is 29.8 Å². The van der Waals surface area contributed by atoms with E-state index in [2.05, 4.69) is 10.7 Å². The zero-order chi connectivity index (χ0) is 17.0. The van der Waals surface area contributed by atoms with Crippen LogP contribution < -0.4 is 10.7 Å². The third-order valence-corrected chi connectivity index (χ3v) is 5.44. The molecule has 0 bridgehead atoms. The van der Waals surface area contributed by atoms with E-state index in [4.69, 9.17) is 0 Å². The van der Waals surface area contributed by atoms with E-state index in [1.54, 1.807) is 24.3 Å². The van der Waals surface area contributed by atoms with Gasteiger partial charge in [0.25, 0.3) is 15.9 Å². The van der Waals surface area contributed by atoms with Crippen molar-refractivity contribution < 1.29 is 13.2 Å². The van der Waals surface area contributed by atoms with Gasteiger partial charge in [-0.05, 0) is 44.4 Å². The second-order valence-corrected chi connectivity index (χ2v) is 8.23. The molecular weight excluding hydrogens is 314 g/mol. The highest BCUT2D eigenvalue weighted by Crippen LogP contribution is 2.17. The standard InChI is InChI=1S/C16H25N3O3S/c1-12(2)11-19(18-16(20)15-5-4-10-17-15)23(21,22)14-8-6-13(3)7-9-14/h6-9,12,15,17H,4-5,10-11H2,1-3H3,(H,18,20). The fourth-order valence-electron chi connectivity index (χ4n) is 2.48. The number of nitrogens with one attached hydrogen (secondary N) is 2. The molecular formula is C16H25N3O3S. The van der Waals surface area contributed by atoms with Crippen molar-refractivity contribution in [2.24, 2.45) is 5.92 Å². The minimum absolute atomic E-state index is 0.0899. The van der Waals surface area contributed by atoms with Crippen molar-refractivity contribution in [3.63, 3.8) is 0 Å². The molecule has 6 nitrogen and oxygen atoms in total. The van der Waals surface area contributed by atoms with Crippen LogP contribution in [-0.2, 0) is 14.8 Å². The van der Waals surface area contributed by atoms with Gasteiger partial charge in [0.2, 0.25) is 0 Å². The summed E-state index contributed by atoms with van der Waals surface area (Å²) in [4.78, 5) is 12.5. The van der Waals surface area contributed by atoms with Gasteiger partial charge in [0.15, 0.2) is 0 Å². The summed E-state index contributed by atoms with van der Waals surface area (Å²) in [5.41, 5.74) is 3.57. The first-order chi connectivity index (χ1) is 10.8. The smallest absolute Gasteiger partial charge is 0.259 e. The monoisotopic (exact) mass is 339 g/mol. The van der Waals surface area contributed by atoms with Crippen LogP contribution in [0.4, 0.5) is 0 Å². The summed E-state index contributed by atoms with van der Waals surface area (Å²) >= 11 is 0. The SMILES string of the molecule is Cc1ccc(S(=O)(=O)N(CC(C)C)NC(=O)C2CCCN2)cc1. The number of nitrogens with zero attached hydrogens (tertiary/aromatic N) is 1. The number of aryl methyl sites for hydroxylation is 1. The molecule has 1 aliphatic heterocycles. The summed E-state index contributed by atoms with van der Waals surface area (Å²) in [5.74, 6) is -0.203. The Morgan fingerprint density at radius 3 is 2.52 bits per heavy atom. The fourth-order valence-corrected chi connectivity index (χ4v) is 3.92. The number of hydrogen-bond acceptors (Lipinski definition) is 4. The predicted octanol–water partition coefficient (Wildman–Crippen LogP) is 1.42. The first kappa shape index (κ1) is 17.9. The highest BCUT2D eigenvalue weighted by atomic mass is 32.2. The van der Waals surface area contributed by atoms with Gasteiger partial charge in [0.05, 0.1) is 10.9 Å². The highest BCUT2D eigenvalue weighted by molar-refractivity contribution is 7.89. The molecule has 1 amide bonds. The summed E-state index contributed by atoms with van der Waals surface area (Å²) in [6, 6.07) is 6.32. The second-order valence-electron chi connectivity index (χ2n) is 6.37. The molecule has 0 aromatic heterocycles. The first-order valence-corrected chi connectivity index (χ1v) is 9.38. The lowest BCUT2D eigenvalue weighted by Gasteiger charge is -2.26. The number of carbonyl (C=O) groups excluding carboxylic acids is 1. The lowest BCUT2D eigenvalue weighted by atomic mass is 10.2. The van der Waals surface area contributed by atoms with Gasteiger partial charge in [-0.25, -0.2) is 8.42 Å². The Bertz CT molecular complexity index is 635. The minimum Gasteiger partial charge on any atom is -0.306 e. The van der Waals surface area contributed by atoms with Gasteiger partial charge in [-0.15, -0.1) is 4.41 Å². The number of hydrogen-bond donors (Lipinski definition) is 2. The number of sulfonamides is 1. The number of amides is 1. The van der Waals surface area contributed by atoms with E-state index < -0.39 is 10.0 Å². The average molecular weight is 339 g/mol. The molecule has 1 heterocycles. The van der Waals surface area contributed by atoms with E-state index in [0.717, 1.165) is 29.4 Å². The normalized spacial score (nSPS) is 18.6. The summed E-state index contributed by atoms with van der Waals surface area (Å²) < 4.78 is 26.7. The van der Waals surface area contributed by atoms with Crippen LogP contribution >= 0.6 is 0 Å². The molecule has 0 spiro atoms. The molecule has 1 atom stereocenters. The summed E-state index contributed by atoms with van der Waals surface area (Å²) in [6.07, 6.45) is 1.65. The number of hydrazine groups is 1. The number of benzene rings is 1. The molecule has 0 radical (unpaired) electrons. The van der Waals surface area contributed by atoms with Crippen molar-refractivity contribution in [3.8, 4) is 0 Å². The second kappa shape index (κ2) is 7.42. The van der Waals surface area contributed by atoms with E-state index in [1.165, 1.54) is 0 Å². The Labute approximate surface area is 138 Å². The van der Waals surface area contributed by atoms with Gasteiger partial charge >= 0.3 is 0 Å². The molecule has 2 N–H and O–H groups in total. The number of carbonyl (C=O) groups is 1. The Morgan fingerprint density at radius 2 is 2.00 bits per heavy atom. The quantitative estimate of drug-likeness (QED) is 0.769. The van der Waals surface area contributed by atoms with Gasteiger partial charge in [-0.2, -0.15) is 0 Å². The van der Waals surface area contributed by atoms with Crippen LogP contribution in [0.25, 0.3) is 0 Å². The topological polar surface area (TPSA) is 78.5 Å². The largest absolute Gasteiger partial charge is 0.306 e. The van der Waals surface area contributed by atoms with Crippen LogP contribution in [-0.4, -0.2) is 37.9 Å². The lowest BCUT2D eigenvalue weighted by Crippen LogP contribution is -2.52. The molecule has 1 saturated heterocycles. The van der Waals surface area contributed by atoms with E-state index in [0.29, 0.717) is 0 Å². The van der Waals surface area contributed by atoms with Gasteiger partial charge < -0.3 is 5.32 Å². The third kappa shape index (κ3) is 4.53. The van der Waals surface area contributed by atoms with Crippen LogP contribution in [0.3, 0.4) is 0 Å². The minimum atomic E-state index is -3.76. The zero-order valence-corrected chi connectivity index (χ0v) is 14.7. The summed E-state index contributed by atoms with van der Waals surface area (Å²) in [7, 11) is -3.76. The maximum atomic E-state index is 12.8. The molecule has 1 aliphatic rings. The van der Waals surface area contributed by atoms with Crippen LogP contribution in [0.5, 0.6) is 0 Å². The molecule has 1 unspecified atom stereocenters. The molecule has 0 aliphatic carbocycles. The Kier molecular flexibility index (Phi) is 5.78. The molecule has 2 rings (SSSR count). The first-order valence-electron chi connectivity index (χ1n) is 7.94. The molecule has 23 heavy (non-hydrogen) atoms. The zero-order valence-electron chi connectivity index (χ0n) is 13.9. The third-order valence-electron chi connectivity index (χ3n) is 3.75. The molecule has 0 saturated carbocycles. The van der Waals surface area contributed by atoms with E-state index >= 15 is 0 Å². The fraction of sp³-hybridized carbons (Fsp3) is 0.562. The summed E-state index contributed by atoms with van der Waals surface area (Å²) in [6.45, 7) is 6.74. The van der Waals surface area contributed by atoms with Crippen LogP contribution in [0.2, 0.25) is 0 Å². The molecule has 1 fully saturated rings. The maximum absolute atomic E-state index is 12.8. The maximum Gasteiger partial charge on any atom is 0.259 e. The van der Waals surface area contributed by atoms with Crippen molar-refractivity contribution in [1.29, 1.82) is 0 Å². The van der Waals surface area contributed by atoms with Crippen LogP contribution in [0.1, 0.15) is 32.3 Å². The molecule has 128 valence electrons. The summed E-state index contributed by atoms with van der Waals surface area (Å²) in [5, 5.41) is 3.08. The Morgan fingerprint density at radius 1 is 1.35 bits per heavy atom. The van der Waals surface area contributed by atoms with Crippen molar-refractivity contribution in [2.45, 2.75) is 44.6 Å². The van der Waals surface area contributed by atoms with Gasteiger partial charge in [-0.1, -0.05) is 31.5 Å². The van der Waals surface area contributed by atoms with E-state index in [-0.39, 0.29) is 29.3 Å². The van der Waals surface area contributed by atoms with Gasteiger partial charge in [0.1, 0.15) is 0 Å². The number of rotatable bonds is 6. The lowest BCUT2D eigenvalue weighted by molar-refractivity contribution is -0.125. The van der Waals surface area contributed by atoms with Crippen LogP contribution in [0, 0.1) is 12.8 Å². The molecule has 1 aromatic carbocycles. The van der Waals surface area contributed by atoms with Crippen molar-refractivity contribution in [2.75, 3.05) is 13.1 Å². The van der Waals surface area contributed by atoms with Gasteiger partial charge in [0, 0.05) is 6.54 Å². The van der Waals surface area contributed by atoms with E-state index in [9.17, 15) is 13.2 Å². The highest BCUT2D eigenvalue weighted by Gasteiger charge is 2.30. The van der Waals surface area contributed by atoms with Crippen molar-refractivity contribution >= 4 is 15.9 Å². The molecule has 1 aromatic rings. The van der Waals surface area contributed by atoms with Gasteiger partial charge in [-0.3, -0.25) is 10.2 Å². The van der Waals surface area contributed by atoms with E-state index in [1.807, 2.05) is 20.8 Å². The van der Waals surface area contributed by atoms with Crippen molar-refractivity contribution in [1.82, 2.24) is 15.2 Å². The average Bonchev–Trinajstić information content (AvgIpc) is 3.00. The predicted molar refractivity (Wildman–Crippen MR) is 89.1 cm³/mol. The Hall–Kier alpha value is -1.44. The molecule has 7 heteroatoms. The Balaban J connectivity index is 2.22. The van der Waals surface area contributed by atoms with Crippen LogP contribution in [0.15, 0.2) is 29.2 Å².